The third-order valence-corrected chi connectivity index (χ3v) is 2.32. The van der Waals surface area contributed by atoms with Crippen molar-refractivity contribution < 1.29 is 9.84 Å². The van der Waals surface area contributed by atoms with Gasteiger partial charge in [-0.2, -0.15) is 0 Å². The van der Waals surface area contributed by atoms with Gasteiger partial charge in [0.1, 0.15) is 0 Å². The first-order valence-corrected chi connectivity index (χ1v) is 5.71. The molecule has 0 aliphatic carbocycles. The average molecular weight is 224 g/mol. The van der Waals surface area contributed by atoms with Crippen molar-refractivity contribution in [3.05, 3.63) is 23.9 Å². The van der Waals surface area contributed by atoms with E-state index in [0.29, 0.717) is 24.9 Å². The fourth-order valence-corrected chi connectivity index (χ4v) is 1.44. The highest BCUT2D eigenvalue weighted by molar-refractivity contribution is 5.23. The molecule has 0 spiro atoms. The van der Waals surface area contributed by atoms with Crippen LogP contribution in [-0.4, -0.2) is 29.8 Å². The second-order valence-corrected chi connectivity index (χ2v) is 3.63. The minimum absolute atomic E-state index is 0.146. The molecule has 1 heterocycles. The van der Waals surface area contributed by atoms with Gasteiger partial charge in [-0.05, 0) is 25.1 Å². The van der Waals surface area contributed by atoms with E-state index < -0.39 is 0 Å². The molecule has 1 aromatic heterocycles. The van der Waals surface area contributed by atoms with E-state index in [9.17, 15) is 0 Å². The van der Waals surface area contributed by atoms with Crippen LogP contribution in [-0.2, 0) is 0 Å². The summed E-state index contributed by atoms with van der Waals surface area (Å²) in [5.74, 6) is 0.621. The summed E-state index contributed by atoms with van der Waals surface area (Å²) in [5, 5.41) is 12.0. The molecule has 0 saturated heterocycles. The second-order valence-electron chi connectivity index (χ2n) is 3.63. The predicted octanol–water partition coefficient (Wildman–Crippen LogP) is 1.51. The summed E-state index contributed by atoms with van der Waals surface area (Å²) in [6.07, 6.45) is 2.38. The van der Waals surface area contributed by atoms with E-state index in [1.54, 1.807) is 6.20 Å². The first kappa shape index (κ1) is 12.9. The first-order chi connectivity index (χ1) is 7.77. The maximum Gasteiger partial charge on any atom is 0.213 e. The molecule has 0 amide bonds. The molecule has 1 atom stereocenters. The van der Waals surface area contributed by atoms with Crippen LogP contribution in [0.3, 0.4) is 0 Å². The third-order valence-electron chi connectivity index (χ3n) is 2.32. The number of aliphatic hydroxyl groups is 1. The molecule has 90 valence electrons. The van der Waals surface area contributed by atoms with Crippen molar-refractivity contribution in [1.82, 2.24) is 10.3 Å². The van der Waals surface area contributed by atoms with Gasteiger partial charge in [-0.25, -0.2) is 4.98 Å². The molecule has 0 aromatic carbocycles. The molecule has 4 heteroatoms. The Morgan fingerprint density at radius 3 is 3.06 bits per heavy atom. The van der Waals surface area contributed by atoms with Crippen LogP contribution in [0.2, 0.25) is 0 Å². The summed E-state index contributed by atoms with van der Waals surface area (Å²) < 4.78 is 5.42. The van der Waals surface area contributed by atoms with Crippen LogP contribution in [0.1, 0.15) is 31.9 Å². The van der Waals surface area contributed by atoms with Crippen LogP contribution in [0.25, 0.3) is 0 Å². The lowest BCUT2D eigenvalue weighted by atomic mass is 10.1. The van der Waals surface area contributed by atoms with Crippen molar-refractivity contribution in [2.24, 2.45) is 0 Å². The van der Waals surface area contributed by atoms with Crippen molar-refractivity contribution in [3.63, 3.8) is 0 Å². The maximum absolute atomic E-state index is 8.65. The van der Waals surface area contributed by atoms with E-state index >= 15 is 0 Å². The molecular weight excluding hydrogens is 204 g/mol. The zero-order chi connectivity index (χ0) is 11.8. The third kappa shape index (κ3) is 4.16. The monoisotopic (exact) mass is 224 g/mol. The van der Waals surface area contributed by atoms with Gasteiger partial charge >= 0.3 is 0 Å². The summed E-state index contributed by atoms with van der Waals surface area (Å²) in [5.41, 5.74) is 1.16. The van der Waals surface area contributed by atoms with E-state index in [2.05, 4.69) is 24.1 Å². The Morgan fingerprint density at radius 1 is 1.56 bits per heavy atom. The van der Waals surface area contributed by atoms with Gasteiger partial charge in [-0.1, -0.05) is 6.92 Å². The summed E-state index contributed by atoms with van der Waals surface area (Å²) in [4.78, 5) is 4.12. The molecular formula is C12H20N2O2. The lowest BCUT2D eigenvalue weighted by molar-refractivity contribution is 0.229. The number of pyridine rings is 1. The van der Waals surface area contributed by atoms with Gasteiger partial charge < -0.3 is 15.2 Å². The summed E-state index contributed by atoms with van der Waals surface area (Å²) >= 11 is 0. The molecule has 1 rings (SSSR count). The summed E-state index contributed by atoms with van der Waals surface area (Å²) in [7, 11) is 0. The van der Waals surface area contributed by atoms with Crippen LogP contribution in [0.15, 0.2) is 18.3 Å². The number of hydrogen-bond donors (Lipinski definition) is 2. The van der Waals surface area contributed by atoms with Crippen molar-refractivity contribution in [1.29, 1.82) is 0 Å². The van der Waals surface area contributed by atoms with Crippen molar-refractivity contribution in [3.8, 4) is 5.88 Å². The van der Waals surface area contributed by atoms with Crippen LogP contribution in [0, 0.1) is 0 Å². The van der Waals surface area contributed by atoms with Crippen molar-refractivity contribution in [2.75, 3.05) is 19.8 Å². The van der Waals surface area contributed by atoms with Gasteiger partial charge in [-0.15, -0.1) is 0 Å². The highest BCUT2D eigenvalue weighted by Gasteiger charge is 2.05. The molecule has 0 saturated carbocycles. The van der Waals surface area contributed by atoms with Gasteiger partial charge in [-0.3, -0.25) is 0 Å². The highest BCUT2D eigenvalue weighted by atomic mass is 16.5. The lowest BCUT2D eigenvalue weighted by Gasteiger charge is -2.13. The fraction of sp³-hybridized carbons (Fsp3) is 0.583. The molecule has 0 aliphatic rings. The average Bonchev–Trinajstić information content (AvgIpc) is 2.30. The Morgan fingerprint density at radius 2 is 2.38 bits per heavy atom. The van der Waals surface area contributed by atoms with Gasteiger partial charge in [0.2, 0.25) is 5.88 Å². The Bertz CT molecular complexity index is 305. The normalized spacial score (nSPS) is 12.4. The van der Waals surface area contributed by atoms with Crippen LogP contribution in [0.4, 0.5) is 0 Å². The first-order valence-electron chi connectivity index (χ1n) is 5.71. The van der Waals surface area contributed by atoms with Gasteiger partial charge in [0.15, 0.2) is 0 Å². The van der Waals surface area contributed by atoms with Gasteiger partial charge in [0, 0.05) is 31.3 Å². The number of ether oxygens (including phenoxy) is 1. The summed E-state index contributed by atoms with van der Waals surface area (Å²) in [6, 6.07) is 4.21. The van der Waals surface area contributed by atoms with E-state index in [1.807, 2.05) is 12.1 Å². The fourth-order valence-electron chi connectivity index (χ4n) is 1.44. The summed E-state index contributed by atoms with van der Waals surface area (Å²) in [6.45, 7) is 5.77. The molecule has 0 fully saturated rings. The number of nitrogens with one attached hydrogen (secondary N) is 1. The van der Waals surface area contributed by atoms with Crippen molar-refractivity contribution >= 4 is 0 Å². The van der Waals surface area contributed by atoms with Crippen LogP contribution < -0.4 is 10.1 Å². The Labute approximate surface area is 96.7 Å². The number of rotatable bonds is 7. The van der Waals surface area contributed by atoms with E-state index in [0.717, 1.165) is 12.1 Å². The Hall–Kier alpha value is -1.13. The standard InChI is InChI=1S/C12H20N2O2/c1-3-13-10(2)11-5-6-14-12(9-11)16-8-4-7-15/h5-6,9-10,13,15H,3-4,7-8H2,1-2H3. The molecule has 0 radical (unpaired) electrons. The minimum Gasteiger partial charge on any atom is -0.478 e. The quantitative estimate of drug-likeness (QED) is 0.689. The SMILES string of the molecule is CCNC(C)c1ccnc(OCCCO)c1. The maximum atomic E-state index is 8.65. The highest BCUT2D eigenvalue weighted by Crippen LogP contribution is 2.16. The molecule has 16 heavy (non-hydrogen) atoms. The molecule has 2 N–H and O–H groups in total. The molecule has 0 aliphatic heterocycles. The van der Waals surface area contributed by atoms with Crippen molar-refractivity contribution in [2.45, 2.75) is 26.3 Å². The molecule has 0 bridgehead atoms. The lowest BCUT2D eigenvalue weighted by Crippen LogP contribution is -2.17. The number of aliphatic hydroxyl groups excluding tert-OH is 1. The molecule has 4 nitrogen and oxygen atoms in total. The van der Waals surface area contributed by atoms with Gasteiger partial charge in [0.05, 0.1) is 6.61 Å². The smallest absolute Gasteiger partial charge is 0.213 e. The largest absolute Gasteiger partial charge is 0.478 e. The van der Waals surface area contributed by atoms with Gasteiger partial charge in [0.25, 0.3) is 0 Å². The van der Waals surface area contributed by atoms with Crippen LogP contribution >= 0.6 is 0 Å². The predicted molar refractivity (Wildman–Crippen MR) is 63.5 cm³/mol. The minimum atomic E-state index is 0.146. The number of aromatic nitrogens is 1. The van der Waals surface area contributed by atoms with Crippen LogP contribution in [0.5, 0.6) is 5.88 Å². The number of hydrogen-bond acceptors (Lipinski definition) is 4. The van der Waals surface area contributed by atoms with E-state index in [1.165, 1.54) is 0 Å². The Kier molecular flexibility index (Phi) is 5.82. The Balaban J connectivity index is 2.56. The van der Waals surface area contributed by atoms with E-state index in [-0.39, 0.29) is 6.61 Å². The molecule has 1 aromatic rings. The van der Waals surface area contributed by atoms with E-state index in [4.69, 9.17) is 9.84 Å². The topological polar surface area (TPSA) is 54.4 Å². The zero-order valence-corrected chi connectivity index (χ0v) is 9.94. The second kappa shape index (κ2) is 7.19. The molecule has 1 unspecified atom stereocenters. The zero-order valence-electron chi connectivity index (χ0n) is 9.94. The number of nitrogens with zero attached hydrogens (tertiary/aromatic N) is 1.